The van der Waals surface area contributed by atoms with Crippen LogP contribution in [0.1, 0.15) is 41.7 Å². The molecule has 8 nitrogen and oxygen atoms in total. The highest BCUT2D eigenvalue weighted by Gasteiger charge is 2.27. The maximum atomic E-state index is 12.5. The molecule has 0 radical (unpaired) electrons. The molecule has 1 aromatic carbocycles. The number of nitrogens with one attached hydrogen (secondary N) is 3. The zero-order chi connectivity index (χ0) is 21.0. The largest absolute Gasteiger partial charge is 0.347 e. The van der Waals surface area contributed by atoms with Gasteiger partial charge in [-0.3, -0.25) is 19.2 Å². The Hall–Kier alpha value is -2.78. The second-order valence-electron chi connectivity index (χ2n) is 6.67. The number of anilines is 1. The molecular weight excluding hydrogens is 416 g/mol. The van der Waals surface area contributed by atoms with Crippen molar-refractivity contribution in [1.82, 2.24) is 15.6 Å². The van der Waals surface area contributed by atoms with Crippen LogP contribution in [0.4, 0.5) is 5.69 Å². The van der Waals surface area contributed by atoms with E-state index >= 15 is 0 Å². The van der Waals surface area contributed by atoms with Crippen molar-refractivity contribution in [3.05, 3.63) is 45.4 Å². The molecule has 2 aromatic rings. The third kappa shape index (κ3) is 5.61. The quantitative estimate of drug-likeness (QED) is 0.550. The summed E-state index contributed by atoms with van der Waals surface area (Å²) in [5, 5.41) is 9.73. The summed E-state index contributed by atoms with van der Waals surface area (Å²) in [7, 11) is 0. The lowest BCUT2D eigenvalue weighted by Crippen LogP contribution is -2.40. The van der Waals surface area contributed by atoms with E-state index in [0.717, 1.165) is 12.8 Å². The second-order valence-corrected chi connectivity index (χ2v) is 7.82. The fraction of sp³-hybridized carbons (Fsp3) is 0.316. The number of Topliss-reactive ketones (excluding diaryl/α,β-unsaturated/α-hetero) is 1. The molecule has 0 spiro atoms. The van der Waals surface area contributed by atoms with E-state index in [2.05, 4.69) is 20.9 Å². The number of benzene rings is 1. The molecule has 3 rings (SSSR count). The standard InChI is InChI=1S/C19H19ClN4O4S/c1-10(15-8-29-9-22-15)17(26)24-14-5-2-11(20)6-13(14)18(27)21-7-16(25)19(28)23-12-3-4-12/h2,5-6,8-10,12H,3-4,7H2,1H3,(H,21,27)(H,23,28)(H,24,26). The first-order chi connectivity index (χ1) is 13.8. The molecule has 1 heterocycles. The number of nitrogens with zero attached hydrogens (tertiary/aromatic N) is 1. The predicted molar refractivity (Wildman–Crippen MR) is 109 cm³/mol. The first kappa shape index (κ1) is 20.9. The third-order valence-corrected chi connectivity index (χ3v) is 5.19. The number of carbonyl (C=O) groups is 4. The van der Waals surface area contributed by atoms with Gasteiger partial charge in [-0.15, -0.1) is 11.3 Å². The number of carbonyl (C=O) groups excluding carboxylic acids is 4. The molecule has 1 atom stereocenters. The van der Waals surface area contributed by atoms with Crippen molar-refractivity contribution >= 4 is 52.1 Å². The van der Waals surface area contributed by atoms with Gasteiger partial charge in [-0.1, -0.05) is 11.6 Å². The molecule has 1 aliphatic carbocycles. The lowest BCUT2D eigenvalue weighted by molar-refractivity contribution is -0.137. The van der Waals surface area contributed by atoms with Crippen LogP contribution in [-0.2, 0) is 14.4 Å². The minimum atomic E-state index is -0.741. The molecule has 1 aliphatic rings. The van der Waals surface area contributed by atoms with Gasteiger partial charge >= 0.3 is 0 Å². The van der Waals surface area contributed by atoms with Crippen molar-refractivity contribution < 1.29 is 19.2 Å². The number of rotatable bonds is 8. The lowest BCUT2D eigenvalue weighted by atomic mass is 10.1. The molecule has 1 fully saturated rings. The summed E-state index contributed by atoms with van der Waals surface area (Å²) in [6, 6.07) is 4.48. The summed E-state index contributed by atoms with van der Waals surface area (Å²) in [6.45, 7) is 1.25. The zero-order valence-corrected chi connectivity index (χ0v) is 17.1. The molecule has 152 valence electrons. The number of hydrogen-bond donors (Lipinski definition) is 3. The van der Waals surface area contributed by atoms with Crippen molar-refractivity contribution in [3.63, 3.8) is 0 Å². The van der Waals surface area contributed by atoms with Crippen LogP contribution in [-0.4, -0.2) is 41.1 Å². The summed E-state index contributed by atoms with van der Waals surface area (Å²) in [6.07, 6.45) is 1.71. The Balaban J connectivity index is 1.65. The monoisotopic (exact) mass is 434 g/mol. The van der Waals surface area contributed by atoms with Crippen LogP contribution in [0, 0.1) is 0 Å². The molecule has 3 N–H and O–H groups in total. The Morgan fingerprint density at radius 1 is 1.28 bits per heavy atom. The minimum absolute atomic E-state index is 0.0524. The van der Waals surface area contributed by atoms with Gasteiger partial charge in [0.25, 0.3) is 11.8 Å². The summed E-state index contributed by atoms with van der Waals surface area (Å²) in [5.41, 5.74) is 2.59. The van der Waals surface area contributed by atoms with Crippen molar-refractivity contribution in [2.24, 2.45) is 0 Å². The van der Waals surface area contributed by atoms with Crippen molar-refractivity contribution in [2.45, 2.75) is 31.7 Å². The highest BCUT2D eigenvalue weighted by Crippen LogP contribution is 2.23. The molecule has 1 aromatic heterocycles. The first-order valence-electron chi connectivity index (χ1n) is 8.95. The molecule has 3 amide bonds. The maximum Gasteiger partial charge on any atom is 0.289 e. The Morgan fingerprint density at radius 2 is 2.03 bits per heavy atom. The van der Waals surface area contributed by atoms with Crippen molar-refractivity contribution in [3.8, 4) is 0 Å². The fourth-order valence-electron chi connectivity index (χ4n) is 2.45. The van der Waals surface area contributed by atoms with Crippen molar-refractivity contribution in [2.75, 3.05) is 11.9 Å². The molecule has 1 saturated carbocycles. The van der Waals surface area contributed by atoms with E-state index in [1.165, 1.54) is 29.5 Å². The maximum absolute atomic E-state index is 12.5. The molecule has 1 unspecified atom stereocenters. The van der Waals surface area contributed by atoms with Crippen LogP contribution < -0.4 is 16.0 Å². The summed E-state index contributed by atoms with van der Waals surface area (Å²) < 4.78 is 0. The van der Waals surface area contributed by atoms with Gasteiger partial charge in [-0.2, -0.15) is 0 Å². The summed E-state index contributed by atoms with van der Waals surface area (Å²) in [5.74, 6) is -2.94. The minimum Gasteiger partial charge on any atom is -0.347 e. The predicted octanol–water partition coefficient (Wildman–Crippen LogP) is 2.12. The van der Waals surface area contributed by atoms with E-state index in [1.807, 2.05) is 0 Å². The van der Waals surface area contributed by atoms with Crippen LogP contribution >= 0.6 is 22.9 Å². The summed E-state index contributed by atoms with van der Waals surface area (Å²) >= 11 is 7.37. The van der Waals surface area contributed by atoms with Crippen LogP contribution in [0.5, 0.6) is 0 Å². The van der Waals surface area contributed by atoms with Crippen LogP contribution in [0.15, 0.2) is 29.1 Å². The smallest absolute Gasteiger partial charge is 0.289 e. The van der Waals surface area contributed by atoms with E-state index in [4.69, 9.17) is 11.6 Å². The average Bonchev–Trinajstić information content (AvgIpc) is 3.34. The number of aromatic nitrogens is 1. The van der Waals surface area contributed by atoms with Gasteiger partial charge in [0.15, 0.2) is 0 Å². The van der Waals surface area contributed by atoms with E-state index in [9.17, 15) is 19.2 Å². The number of amides is 3. The van der Waals surface area contributed by atoms with Crippen LogP contribution in [0.2, 0.25) is 5.02 Å². The molecule has 0 aliphatic heterocycles. The molecule has 29 heavy (non-hydrogen) atoms. The fourth-order valence-corrected chi connectivity index (χ4v) is 3.27. The zero-order valence-electron chi connectivity index (χ0n) is 15.5. The third-order valence-electron chi connectivity index (χ3n) is 4.35. The first-order valence-corrected chi connectivity index (χ1v) is 10.3. The van der Waals surface area contributed by atoms with Crippen LogP contribution in [0.3, 0.4) is 0 Å². The van der Waals surface area contributed by atoms with Gasteiger partial charge < -0.3 is 16.0 Å². The second kappa shape index (κ2) is 9.15. The number of thiazole rings is 1. The van der Waals surface area contributed by atoms with Gasteiger partial charge in [-0.05, 0) is 38.0 Å². The SMILES string of the molecule is CC(C(=O)Nc1ccc(Cl)cc1C(=O)NCC(=O)C(=O)NC1CC1)c1cscn1. The van der Waals surface area contributed by atoms with Crippen molar-refractivity contribution in [1.29, 1.82) is 0 Å². The number of ketones is 1. The Labute approximate surface area is 176 Å². The molecule has 0 saturated heterocycles. The normalized spacial score (nSPS) is 14.0. The molecule has 0 bridgehead atoms. The number of hydrogen-bond acceptors (Lipinski definition) is 6. The average molecular weight is 435 g/mol. The Kier molecular flexibility index (Phi) is 6.60. The molecular formula is C19H19ClN4O4S. The van der Waals surface area contributed by atoms with Gasteiger partial charge in [0, 0.05) is 16.4 Å². The van der Waals surface area contributed by atoms with Gasteiger partial charge in [-0.25, -0.2) is 4.98 Å². The van der Waals surface area contributed by atoms with E-state index in [1.54, 1.807) is 17.8 Å². The molecule has 10 heteroatoms. The van der Waals surface area contributed by atoms with E-state index in [-0.39, 0.29) is 23.2 Å². The Bertz CT molecular complexity index is 944. The summed E-state index contributed by atoms with van der Waals surface area (Å²) in [4.78, 5) is 52.7. The highest BCUT2D eigenvalue weighted by molar-refractivity contribution is 7.07. The van der Waals surface area contributed by atoms with Crippen LogP contribution in [0.25, 0.3) is 0 Å². The number of halogens is 1. The highest BCUT2D eigenvalue weighted by atomic mass is 35.5. The van der Waals surface area contributed by atoms with Gasteiger partial charge in [0.1, 0.15) is 0 Å². The Morgan fingerprint density at radius 3 is 2.69 bits per heavy atom. The topological polar surface area (TPSA) is 117 Å². The van der Waals surface area contributed by atoms with E-state index < -0.39 is 30.1 Å². The lowest BCUT2D eigenvalue weighted by Gasteiger charge is -2.14. The van der Waals surface area contributed by atoms with E-state index in [0.29, 0.717) is 10.7 Å². The van der Waals surface area contributed by atoms with Gasteiger partial charge in [0.05, 0.1) is 34.9 Å². The van der Waals surface area contributed by atoms with Gasteiger partial charge in [0.2, 0.25) is 11.7 Å².